The van der Waals surface area contributed by atoms with Crippen molar-refractivity contribution in [2.24, 2.45) is 11.8 Å². The van der Waals surface area contributed by atoms with Crippen molar-refractivity contribution >= 4 is 23.9 Å². The first-order chi connectivity index (χ1) is 27.3. The number of alkyl carbamates (subject to hydrolysis) is 1. The summed E-state index contributed by atoms with van der Waals surface area (Å²) in [5.74, 6) is -1.61. The number of imidazole rings is 2. The molecule has 6 rings (SSSR count). The summed E-state index contributed by atoms with van der Waals surface area (Å²) < 4.78 is 46.3. The predicted molar refractivity (Wildman–Crippen MR) is 205 cm³/mol. The maximum atomic E-state index is 15.7. The highest BCUT2D eigenvalue weighted by Gasteiger charge is 2.40. The number of benzene rings is 2. The number of carbonyl (C=O) groups excluding carboxylic acids is 4. The smallest absolute Gasteiger partial charge is 0.407 e. The van der Waals surface area contributed by atoms with Crippen LogP contribution in [0.1, 0.15) is 76.6 Å². The molecule has 0 unspecified atom stereocenters. The SMILES string of the molecule is COC(=O)C[C@H](C(=O)N1CCC[C@H]1c1ncc(-c2ccc(-c3ccc(-c4cnc([C@@H]5CCCN5C(=O)[C@@H](NC(=O)OC)[C@H](C)OC)[nH]4)c(F)c3)cc2F)[nH]1)C(C)C. The lowest BCUT2D eigenvalue weighted by atomic mass is 9.91. The Morgan fingerprint density at radius 1 is 0.789 bits per heavy atom. The van der Waals surface area contributed by atoms with Crippen molar-refractivity contribution in [3.8, 4) is 33.6 Å². The fourth-order valence-electron chi connectivity index (χ4n) is 7.71. The molecule has 2 aliphatic rings. The average molecular weight is 790 g/mol. The number of carbonyl (C=O) groups is 4. The molecule has 3 amide bonds. The van der Waals surface area contributed by atoms with Crippen molar-refractivity contribution in [1.29, 1.82) is 0 Å². The van der Waals surface area contributed by atoms with E-state index >= 15 is 8.78 Å². The zero-order valence-electron chi connectivity index (χ0n) is 32.9. The number of nitrogens with one attached hydrogen (secondary N) is 3. The van der Waals surface area contributed by atoms with Gasteiger partial charge in [0.2, 0.25) is 11.8 Å². The minimum absolute atomic E-state index is 0.00764. The minimum Gasteiger partial charge on any atom is -0.469 e. The maximum absolute atomic E-state index is 15.7. The van der Waals surface area contributed by atoms with Crippen LogP contribution in [-0.2, 0) is 28.6 Å². The van der Waals surface area contributed by atoms with Gasteiger partial charge in [-0.15, -0.1) is 0 Å². The minimum atomic E-state index is -0.984. The lowest BCUT2D eigenvalue weighted by Gasteiger charge is -2.30. The summed E-state index contributed by atoms with van der Waals surface area (Å²) in [6.45, 7) is 6.44. The first-order valence-electron chi connectivity index (χ1n) is 19.1. The van der Waals surface area contributed by atoms with Crippen LogP contribution in [0.5, 0.6) is 0 Å². The molecule has 4 aromatic rings. The van der Waals surface area contributed by atoms with Gasteiger partial charge in [-0.1, -0.05) is 26.0 Å². The molecule has 4 heterocycles. The van der Waals surface area contributed by atoms with E-state index in [4.69, 9.17) is 14.2 Å². The van der Waals surface area contributed by atoms with E-state index in [0.29, 0.717) is 66.5 Å². The third-order valence-corrected chi connectivity index (χ3v) is 11.0. The normalized spacial score (nSPS) is 18.4. The molecule has 2 saturated heterocycles. The number of aromatic amines is 2. The van der Waals surface area contributed by atoms with Gasteiger partial charge in [0.1, 0.15) is 29.3 Å². The number of amides is 3. The van der Waals surface area contributed by atoms with E-state index in [2.05, 4.69) is 25.3 Å². The highest BCUT2D eigenvalue weighted by Crippen LogP contribution is 2.37. The second-order valence-corrected chi connectivity index (χ2v) is 14.8. The summed E-state index contributed by atoms with van der Waals surface area (Å²) in [6.07, 6.45) is 4.42. The van der Waals surface area contributed by atoms with Crippen molar-refractivity contribution in [2.75, 3.05) is 34.4 Å². The van der Waals surface area contributed by atoms with Crippen molar-refractivity contribution in [1.82, 2.24) is 35.1 Å². The van der Waals surface area contributed by atoms with Crippen LogP contribution >= 0.6 is 0 Å². The predicted octanol–water partition coefficient (Wildman–Crippen LogP) is 6.33. The van der Waals surface area contributed by atoms with Gasteiger partial charge < -0.3 is 39.3 Å². The second kappa shape index (κ2) is 17.7. The molecule has 0 saturated carbocycles. The van der Waals surface area contributed by atoms with Crippen LogP contribution in [0.4, 0.5) is 13.6 Å². The first-order valence-corrected chi connectivity index (χ1v) is 19.1. The molecule has 2 aromatic carbocycles. The summed E-state index contributed by atoms with van der Waals surface area (Å²) in [4.78, 5) is 70.0. The molecule has 16 heteroatoms. The molecule has 0 aliphatic carbocycles. The molecular formula is C41H49F2N7O7. The Morgan fingerprint density at radius 3 is 1.74 bits per heavy atom. The number of methoxy groups -OCH3 is 3. The van der Waals surface area contributed by atoms with Crippen LogP contribution in [0.3, 0.4) is 0 Å². The fraction of sp³-hybridized carbons (Fsp3) is 0.463. The molecule has 2 aliphatic heterocycles. The Hall–Kier alpha value is -5.64. The molecular weight excluding hydrogens is 740 g/mol. The van der Waals surface area contributed by atoms with Crippen LogP contribution in [-0.4, -0.2) is 100 Å². The Bertz CT molecular complexity index is 2100. The van der Waals surface area contributed by atoms with Gasteiger partial charge in [0, 0.05) is 31.3 Å². The number of nitrogens with zero attached hydrogens (tertiary/aromatic N) is 4. The third kappa shape index (κ3) is 8.70. The van der Waals surface area contributed by atoms with Gasteiger partial charge in [0.15, 0.2) is 0 Å². The van der Waals surface area contributed by atoms with Crippen molar-refractivity contribution in [2.45, 2.75) is 77.1 Å². The zero-order chi connectivity index (χ0) is 41.0. The second-order valence-electron chi connectivity index (χ2n) is 14.8. The van der Waals surface area contributed by atoms with Crippen LogP contribution < -0.4 is 5.32 Å². The number of H-pyrrole nitrogens is 2. The van der Waals surface area contributed by atoms with Gasteiger partial charge in [-0.05, 0) is 73.9 Å². The molecule has 5 atom stereocenters. The number of esters is 1. The third-order valence-electron chi connectivity index (χ3n) is 11.0. The number of likely N-dealkylation sites (tertiary alicyclic amines) is 2. The fourth-order valence-corrected chi connectivity index (χ4v) is 7.71. The van der Waals surface area contributed by atoms with Crippen LogP contribution in [0, 0.1) is 23.5 Å². The summed E-state index contributed by atoms with van der Waals surface area (Å²) >= 11 is 0. The number of ether oxygens (including phenoxy) is 3. The van der Waals surface area contributed by atoms with Gasteiger partial charge in [-0.25, -0.2) is 23.5 Å². The number of aromatic nitrogens is 4. The molecule has 304 valence electrons. The van der Waals surface area contributed by atoms with E-state index < -0.39 is 47.8 Å². The van der Waals surface area contributed by atoms with Crippen molar-refractivity contribution in [3.63, 3.8) is 0 Å². The molecule has 57 heavy (non-hydrogen) atoms. The highest BCUT2D eigenvalue weighted by atomic mass is 19.1. The number of halogens is 2. The monoisotopic (exact) mass is 789 g/mol. The van der Waals surface area contributed by atoms with E-state index in [1.807, 2.05) is 13.8 Å². The molecule has 0 radical (unpaired) electrons. The van der Waals surface area contributed by atoms with E-state index in [0.717, 1.165) is 6.42 Å². The quantitative estimate of drug-likeness (QED) is 0.131. The lowest BCUT2D eigenvalue weighted by molar-refractivity contribution is -0.148. The molecule has 0 spiro atoms. The molecule has 2 fully saturated rings. The Kier molecular flexibility index (Phi) is 12.7. The Balaban J connectivity index is 1.16. The summed E-state index contributed by atoms with van der Waals surface area (Å²) in [5.41, 5.74) is 2.28. The number of hydrogen-bond acceptors (Lipinski definition) is 9. The first kappa shape index (κ1) is 41.0. The topological polar surface area (TPSA) is 172 Å². The summed E-state index contributed by atoms with van der Waals surface area (Å²) in [6, 6.07) is 7.50. The molecule has 2 aromatic heterocycles. The van der Waals surface area contributed by atoms with Gasteiger partial charge in [-0.3, -0.25) is 14.4 Å². The number of hydrogen-bond donors (Lipinski definition) is 3. The van der Waals surface area contributed by atoms with E-state index in [1.54, 1.807) is 41.0 Å². The Morgan fingerprint density at radius 2 is 1.30 bits per heavy atom. The van der Waals surface area contributed by atoms with Crippen LogP contribution in [0.2, 0.25) is 0 Å². The maximum Gasteiger partial charge on any atom is 0.407 e. The zero-order valence-corrected chi connectivity index (χ0v) is 32.9. The summed E-state index contributed by atoms with van der Waals surface area (Å²) in [7, 11) is 3.97. The average Bonchev–Trinajstić information content (AvgIpc) is 4.05. The van der Waals surface area contributed by atoms with E-state index in [9.17, 15) is 19.2 Å². The lowest BCUT2D eigenvalue weighted by Crippen LogP contribution is -2.54. The van der Waals surface area contributed by atoms with Gasteiger partial charge in [0.25, 0.3) is 0 Å². The molecule has 0 bridgehead atoms. The van der Waals surface area contributed by atoms with Gasteiger partial charge >= 0.3 is 12.1 Å². The number of rotatable bonds is 13. The Labute approximate surface area is 329 Å². The standard InChI is InChI=1S/C41H49F2N7O7/c1-22(2)28(19-35(51)56-5)39(52)49-15-7-9-33(49)37-44-20-31(46-37)26-13-11-24(17-29(26)42)25-12-14-27(30(43)18-25)32-21-45-38(47-32)34-10-8-16-50(34)40(53)36(23(3)55-4)48-41(54)57-6/h11-14,17-18,20-23,28,33-34,36H,7-10,15-16,19H2,1-6H3,(H,44,46)(H,45,47)(H,48,54)/t23-,28-,33-,34-,36-/m0/s1. The van der Waals surface area contributed by atoms with Crippen molar-refractivity contribution in [3.05, 3.63) is 72.1 Å². The van der Waals surface area contributed by atoms with E-state index in [-0.39, 0.29) is 41.3 Å². The van der Waals surface area contributed by atoms with Crippen LogP contribution in [0.25, 0.3) is 33.6 Å². The van der Waals surface area contributed by atoms with Crippen molar-refractivity contribution < 1.29 is 42.2 Å². The van der Waals surface area contributed by atoms with Gasteiger partial charge in [-0.2, -0.15) is 0 Å². The largest absolute Gasteiger partial charge is 0.469 e. The van der Waals surface area contributed by atoms with Gasteiger partial charge in [0.05, 0.1) is 68.5 Å². The van der Waals surface area contributed by atoms with E-state index in [1.165, 1.54) is 45.9 Å². The van der Waals surface area contributed by atoms with Crippen LogP contribution in [0.15, 0.2) is 48.8 Å². The molecule has 3 N–H and O–H groups in total. The summed E-state index contributed by atoms with van der Waals surface area (Å²) in [5, 5.41) is 2.56. The molecule has 14 nitrogen and oxygen atoms in total. The highest BCUT2D eigenvalue weighted by molar-refractivity contribution is 5.87.